The van der Waals surface area contributed by atoms with Gasteiger partial charge >= 0.3 is 0 Å². The first-order valence-electron chi connectivity index (χ1n) is 10.2. The van der Waals surface area contributed by atoms with E-state index in [0.29, 0.717) is 6.61 Å². The Morgan fingerprint density at radius 2 is 1.36 bits per heavy atom. The fourth-order valence-corrected chi connectivity index (χ4v) is 2.82. The van der Waals surface area contributed by atoms with Gasteiger partial charge in [0.05, 0.1) is 0 Å². The standard InChI is InChI=1S/C22H39NO2/c1-4-5-6-7-8-9-10-11-12-16-19-23-24-20-22(2,3)25-21-17-14-13-15-18-21/h13-15,17-18,23H,4-12,16,19-20H2,1-3H3. The number of para-hydroxylation sites is 1. The maximum absolute atomic E-state index is 5.94. The van der Waals surface area contributed by atoms with Crippen molar-refractivity contribution in [3.8, 4) is 5.75 Å². The fourth-order valence-electron chi connectivity index (χ4n) is 2.82. The van der Waals surface area contributed by atoms with Gasteiger partial charge in [-0.25, -0.2) is 5.48 Å². The topological polar surface area (TPSA) is 30.5 Å². The van der Waals surface area contributed by atoms with Crippen molar-refractivity contribution in [2.75, 3.05) is 13.2 Å². The van der Waals surface area contributed by atoms with E-state index in [1.54, 1.807) is 0 Å². The van der Waals surface area contributed by atoms with Gasteiger partial charge in [0.1, 0.15) is 18.0 Å². The van der Waals surface area contributed by atoms with Gasteiger partial charge in [0.25, 0.3) is 0 Å². The van der Waals surface area contributed by atoms with Gasteiger partial charge in [0.2, 0.25) is 0 Å². The molecule has 0 unspecified atom stereocenters. The average Bonchev–Trinajstić information content (AvgIpc) is 2.59. The SMILES string of the molecule is CCCCCCCCCCCCNOCC(C)(C)Oc1ccccc1. The van der Waals surface area contributed by atoms with E-state index in [4.69, 9.17) is 9.57 Å². The molecular weight excluding hydrogens is 310 g/mol. The van der Waals surface area contributed by atoms with Gasteiger partial charge in [-0.2, -0.15) is 0 Å². The number of hydroxylamine groups is 1. The predicted molar refractivity (Wildman–Crippen MR) is 107 cm³/mol. The molecule has 3 heteroatoms. The highest BCUT2D eigenvalue weighted by Gasteiger charge is 2.20. The monoisotopic (exact) mass is 349 g/mol. The molecule has 0 spiro atoms. The fraction of sp³-hybridized carbons (Fsp3) is 0.727. The Bertz CT molecular complexity index is 406. The van der Waals surface area contributed by atoms with Gasteiger partial charge < -0.3 is 4.74 Å². The molecule has 0 heterocycles. The van der Waals surface area contributed by atoms with Crippen LogP contribution in [0.25, 0.3) is 0 Å². The van der Waals surface area contributed by atoms with Crippen LogP contribution in [0.1, 0.15) is 85.0 Å². The molecule has 0 aliphatic rings. The lowest BCUT2D eigenvalue weighted by atomic mass is 10.1. The summed E-state index contributed by atoms with van der Waals surface area (Å²) >= 11 is 0. The molecule has 1 rings (SSSR count). The highest BCUT2D eigenvalue weighted by Crippen LogP contribution is 2.17. The lowest BCUT2D eigenvalue weighted by Gasteiger charge is -2.26. The van der Waals surface area contributed by atoms with Crippen LogP contribution in [0.15, 0.2) is 30.3 Å². The molecule has 25 heavy (non-hydrogen) atoms. The van der Waals surface area contributed by atoms with Crippen LogP contribution in [-0.2, 0) is 4.84 Å². The second-order valence-electron chi connectivity index (χ2n) is 7.54. The number of rotatable bonds is 16. The summed E-state index contributed by atoms with van der Waals surface area (Å²) in [5, 5.41) is 0. The van der Waals surface area contributed by atoms with Gasteiger partial charge in [0, 0.05) is 6.54 Å². The van der Waals surface area contributed by atoms with Crippen LogP contribution in [0.4, 0.5) is 0 Å². The summed E-state index contributed by atoms with van der Waals surface area (Å²) in [6.07, 6.45) is 13.6. The minimum Gasteiger partial charge on any atom is -0.485 e. The molecule has 0 radical (unpaired) electrons. The van der Waals surface area contributed by atoms with Crippen molar-refractivity contribution in [1.29, 1.82) is 0 Å². The van der Waals surface area contributed by atoms with E-state index < -0.39 is 0 Å². The summed E-state index contributed by atoms with van der Waals surface area (Å²) in [5.74, 6) is 0.880. The second kappa shape index (κ2) is 14.1. The Morgan fingerprint density at radius 1 is 0.800 bits per heavy atom. The van der Waals surface area contributed by atoms with Gasteiger partial charge in [-0.3, -0.25) is 4.84 Å². The first-order valence-corrected chi connectivity index (χ1v) is 10.2. The molecule has 1 N–H and O–H groups in total. The van der Waals surface area contributed by atoms with Crippen LogP contribution < -0.4 is 10.2 Å². The van der Waals surface area contributed by atoms with Gasteiger partial charge in [-0.15, -0.1) is 0 Å². The molecule has 0 saturated heterocycles. The molecule has 0 aliphatic heterocycles. The summed E-state index contributed by atoms with van der Waals surface area (Å²) in [5.41, 5.74) is 2.73. The Balaban J connectivity index is 1.89. The molecule has 1 aromatic rings. The van der Waals surface area contributed by atoms with E-state index >= 15 is 0 Å². The third kappa shape index (κ3) is 12.9. The van der Waals surface area contributed by atoms with E-state index in [1.807, 2.05) is 44.2 Å². The van der Waals surface area contributed by atoms with Crippen molar-refractivity contribution in [3.05, 3.63) is 30.3 Å². The third-order valence-corrected chi connectivity index (χ3v) is 4.29. The molecule has 144 valence electrons. The van der Waals surface area contributed by atoms with Gasteiger partial charge in [0.15, 0.2) is 0 Å². The Morgan fingerprint density at radius 3 is 1.96 bits per heavy atom. The number of unbranched alkanes of at least 4 members (excludes halogenated alkanes) is 9. The molecule has 0 atom stereocenters. The number of ether oxygens (including phenoxy) is 1. The molecule has 0 saturated carbocycles. The average molecular weight is 350 g/mol. The summed E-state index contributed by atoms with van der Waals surface area (Å²) in [7, 11) is 0. The zero-order valence-electron chi connectivity index (χ0n) is 16.7. The lowest BCUT2D eigenvalue weighted by molar-refractivity contribution is -0.0484. The molecule has 1 aromatic carbocycles. The summed E-state index contributed by atoms with van der Waals surface area (Å²) in [6, 6.07) is 9.90. The summed E-state index contributed by atoms with van der Waals surface area (Å²) in [4.78, 5) is 5.58. The van der Waals surface area contributed by atoms with Crippen LogP contribution in [0.5, 0.6) is 5.75 Å². The molecule has 0 aromatic heterocycles. The zero-order chi connectivity index (χ0) is 18.2. The maximum atomic E-state index is 5.94. The van der Waals surface area contributed by atoms with Crippen molar-refractivity contribution in [3.63, 3.8) is 0 Å². The number of hydrogen-bond acceptors (Lipinski definition) is 3. The number of hydrogen-bond donors (Lipinski definition) is 1. The first kappa shape index (κ1) is 22.0. The normalized spacial score (nSPS) is 11.6. The van der Waals surface area contributed by atoms with Crippen molar-refractivity contribution in [2.24, 2.45) is 0 Å². The van der Waals surface area contributed by atoms with Gasteiger partial charge in [-0.1, -0.05) is 82.9 Å². The maximum Gasteiger partial charge on any atom is 0.129 e. The Labute approximate surface area is 155 Å². The quantitative estimate of drug-likeness (QED) is 0.281. The summed E-state index contributed by atoms with van der Waals surface area (Å²) in [6.45, 7) is 7.80. The highest BCUT2D eigenvalue weighted by atomic mass is 16.7. The molecule has 3 nitrogen and oxygen atoms in total. The first-order chi connectivity index (χ1) is 12.1. The van der Waals surface area contributed by atoms with E-state index in [9.17, 15) is 0 Å². The third-order valence-electron chi connectivity index (χ3n) is 4.29. The van der Waals surface area contributed by atoms with Crippen LogP contribution in [-0.4, -0.2) is 18.8 Å². The Kier molecular flexibility index (Phi) is 12.4. The molecular formula is C22H39NO2. The zero-order valence-corrected chi connectivity index (χ0v) is 16.7. The van der Waals surface area contributed by atoms with Crippen molar-refractivity contribution in [1.82, 2.24) is 5.48 Å². The number of nitrogens with one attached hydrogen (secondary N) is 1. The lowest BCUT2D eigenvalue weighted by Crippen LogP contribution is -2.36. The van der Waals surface area contributed by atoms with Crippen molar-refractivity contribution in [2.45, 2.75) is 90.6 Å². The van der Waals surface area contributed by atoms with Crippen LogP contribution >= 0.6 is 0 Å². The second-order valence-corrected chi connectivity index (χ2v) is 7.54. The molecule has 0 amide bonds. The minimum absolute atomic E-state index is 0.341. The largest absolute Gasteiger partial charge is 0.485 e. The minimum atomic E-state index is -0.341. The Hall–Kier alpha value is -1.06. The van der Waals surface area contributed by atoms with Crippen LogP contribution in [0.2, 0.25) is 0 Å². The van der Waals surface area contributed by atoms with E-state index in [2.05, 4.69) is 12.4 Å². The molecule has 0 bridgehead atoms. The van der Waals surface area contributed by atoms with Crippen LogP contribution in [0, 0.1) is 0 Å². The van der Waals surface area contributed by atoms with E-state index in [1.165, 1.54) is 64.2 Å². The highest BCUT2D eigenvalue weighted by molar-refractivity contribution is 5.21. The number of benzene rings is 1. The van der Waals surface area contributed by atoms with E-state index in [0.717, 1.165) is 12.3 Å². The summed E-state index contributed by atoms with van der Waals surface area (Å²) < 4.78 is 5.94. The van der Waals surface area contributed by atoms with Crippen LogP contribution in [0.3, 0.4) is 0 Å². The van der Waals surface area contributed by atoms with E-state index in [-0.39, 0.29) is 5.60 Å². The molecule has 0 fully saturated rings. The van der Waals surface area contributed by atoms with Crippen molar-refractivity contribution >= 4 is 0 Å². The smallest absolute Gasteiger partial charge is 0.129 e. The van der Waals surface area contributed by atoms with Crippen molar-refractivity contribution < 1.29 is 9.57 Å². The molecule has 0 aliphatic carbocycles. The van der Waals surface area contributed by atoms with Gasteiger partial charge in [-0.05, 0) is 32.4 Å². The predicted octanol–water partition coefficient (Wildman–Crippen LogP) is 6.29.